The number of aryl methyl sites for hydroxylation is 2. The molecule has 0 saturated carbocycles. The number of para-hydroxylation sites is 1. The van der Waals surface area contributed by atoms with Gasteiger partial charge in [-0.3, -0.25) is 4.79 Å². The van der Waals surface area contributed by atoms with E-state index in [1.165, 1.54) is 5.39 Å². The highest BCUT2D eigenvalue weighted by molar-refractivity contribution is 6.15. The van der Waals surface area contributed by atoms with Crippen LogP contribution in [0.15, 0.2) is 66.9 Å². The fourth-order valence-corrected chi connectivity index (χ4v) is 3.26. The lowest BCUT2D eigenvalue weighted by molar-refractivity contribution is 0.104. The Hall–Kier alpha value is -2.87. The molecule has 2 heterocycles. The Bertz CT molecular complexity index is 1040. The van der Waals surface area contributed by atoms with Gasteiger partial charge in [-0.25, -0.2) is 0 Å². The Kier molecular flexibility index (Phi) is 3.05. The van der Waals surface area contributed by atoms with Crippen LogP contribution in [-0.4, -0.2) is 10.2 Å². The van der Waals surface area contributed by atoms with Gasteiger partial charge in [0.2, 0.25) is 0 Å². The average molecular weight is 299 g/mol. The molecule has 0 unspecified atom stereocenters. The number of carbonyl (C=O) groups excluding carboxylic acids is 1. The molecule has 0 spiro atoms. The summed E-state index contributed by atoms with van der Waals surface area (Å²) in [5.74, 6) is 0.0708. The molecule has 0 N–H and O–H groups in total. The van der Waals surface area contributed by atoms with Crippen LogP contribution in [0.4, 0.5) is 0 Å². The van der Waals surface area contributed by atoms with Gasteiger partial charge >= 0.3 is 0 Å². The number of rotatable bonds is 2. The van der Waals surface area contributed by atoms with Crippen LogP contribution in [0.5, 0.6) is 0 Å². The third-order valence-corrected chi connectivity index (χ3v) is 4.48. The Morgan fingerprint density at radius 1 is 0.870 bits per heavy atom. The zero-order valence-electron chi connectivity index (χ0n) is 13.2. The first-order valence-corrected chi connectivity index (χ1v) is 7.76. The molecule has 2 heteroatoms. The number of fused-ring (bicyclic) bond motifs is 3. The van der Waals surface area contributed by atoms with Crippen LogP contribution < -0.4 is 0 Å². The Balaban J connectivity index is 2.00. The topological polar surface area (TPSA) is 21.5 Å². The standard InChI is InChI=1S/C21H17NO/c1-14-9-11-16(12-10-14)21(23)18-7-5-13-22-19-8-4-3-6-17(19)15(2)20(18)22/h3-13H,1-2H3. The van der Waals surface area contributed by atoms with E-state index in [1.54, 1.807) is 0 Å². The number of carbonyl (C=O) groups is 1. The summed E-state index contributed by atoms with van der Waals surface area (Å²) < 4.78 is 2.12. The second-order valence-electron chi connectivity index (χ2n) is 5.98. The van der Waals surface area contributed by atoms with E-state index in [-0.39, 0.29) is 5.78 Å². The second-order valence-corrected chi connectivity index (χ2v) is 5.98. The monoisotopic (exact) mass is 299 g/mol. The number of nitrogens with zero attached hydrogens (tertiary/aromatic N) is 1. The van der Waals surface area contributed by atoms with Crippen LogP contribution in [0.25, 0.3) is 16.4 Å². The molecule has 0 amide bonds. The van der Waals surface area contributed by atoms with E-state index in [9.17, 15) is 4.79 Å². The van der Waals surface area contributed by atoms with E-state index >= 15 is 0 Å². The molecule has 0 aliphatic rings. The minimum atomic E-state index is 0.0708. The van der Waals surface area contributed by atoms with E-state index in [4.69, 9.17) is 0 Å². The molecule has 0 fully saturated rings. The minimum Gasteiger partial charge on any atom is -0.316 e. The van der Waals surface area contributed by atoms with Crippen molar-refractivity contribution in [2.45, 2.75) is 13.8 Å². The smallest absolute Gasteiger partial charge is 0.195 e. The molecule has 112 valence electrons. The van der Waals surface area contributed by atoms with Crippen molar-refractivity contribution in [1.82, 2.24) is 4.40 Å². The van der Waals surface area contributed by atoms with Crippen LogP contribution in [0.2, 0.25) is 0 Å². The van der Waals surface area contributed by atoms with Crippen molar-refractivity contribution in [1.29, 1.82) is 0 Å². The van der Waals surface area contributed by atoms with Crippen molar-refractivity contribution in [3.63, 3.8) is 0 Å². The summed E-state index contributed by atoms with van der Waals surface area (Å²) in [5, 5.41) is 1.19. The van der Waals surface area contributed by atoms with Gasteiger partial charge < -0.3 is 4.40 Å². The molecule has 2 aromatic carbocycles. The Morgan fingerprint density at radius 2 is 1.61 bits per heavy atom. The second kappa shape index (κ2) is 5.10. The SMILES string of the molecule is Cc1ccc(C(=O)c2cccn3c2c(C)c2ccccc23)cc1. The fourth-order valence-electron chi connectivity index (χ4n) is 3.26. The summed E-state index contributed by atoms with van der Waals surface area (Å²) in [6, 6.07) is 19.9. The first-order chi connectivity index (χ1) is 11.2. The van der Waals surface area contributed by atoms with Gasteiger partial charge in [-0.2, -0.15) is 0 Å². The normalized spacial score (nSPS) is 11.2. The first kappa shape index (κ1) is 13.8. The zero-order valence-corrected chi connectivity index (χ0v) is 13.2. The van der Waals surface area contributed by atoms with E-state index in [0.29, 0.717) is 0 Å². The Labute approximate surface area is 135 Å². The van der Waals surface area contributed by atoms with Crippen LogP contribution in [0.3, 0.4) is 0 Å². The van der Waals surface area contributed by atoms with Gasteiger partial charge in [0.25, 0.3) is 0 Å². The van der Waals surface area contributed by atoms with Crippen LogP contribution in [-0.2, 0) is 0 Å². The summed E-state index contributed by atoms with van der Waals surface area (Å²) in [7, 11) is 0. The predicted molar refractivity (Wildman–Crippen MR) is 94.3 cm³/mol. The van der Waals surface area contributed by atoms with Crippen molar-refractivity contribution in [2.75, 3.05) is 0 Å². The molecule has 23 heavy (non-hydrogen) atoms. The molecular weight excluding hydrogens is 282 g/mol. The lowest BCUT2D eigenvalue weighted by atomic mass is 10.0. The molecule has 0 bridgehead atoms. The highest BCUT2D eigenvalue weighted by atomic mass is 16.1. The lowest BCUT2D eigenvalue weighted by Crippen LogP contribution is -2.04. The number of hydrogen-bond acceptors (Lipinski definition) is 1. The average Bonchev–Trinajstić information content (AvgIpc) is 2.88. The van der Waals surface area contributed by atoms with Gasteiger partial charge in [-0.15, -0.1) is 0 Å². The number of pyridine rings is 1. The van der Waals surface area contributed by atoms with E-state index < -0.39 is 0 Å². The summed E-state index contributed by atoms with van der Waals surface area (Å²) in [6.45, 7) is 4.11. The molecule has 0 aliphatic carbocycles. The highest BCUT2D eigenvalue weighted by Crippen LogP contribution is 2.29. The lowest BCUT2D eigenvalue weighted by Gasteiger charge is -2.06. The first-order valence-electron chi connectivity index (χ1n) is 7.76. The summed E-state index contributed by atoms with van der Waals surface area (Å²) in [4.78, 5) is 13.0. The van der Waals surface area contributed by atoms with E-state index in [1.807, 2.05) is 61.7 Å². The van der Waals surface area contributed by atoms with Gasteiger partial charge in [0.05, 0.1) is 11.0 Å². The fraction of sp³-hybridized carbons (Fsp3) is 0.0952. The number of benzene rings is 2. The van der Waals surface area contributed by atoms with Crippen molar-refractivity contribution in [2.24, 2.45) is 0 Å². The quantitative estimate of drug-likeness (QED) is 0.480. The predicted octanol–water partition coefficient (Wildman–Crippen LogP) is 4.94. The molecular formula is C21H17NO. The van der Waals surface area contributed by atoms with Crippen LogP contribution in [0.1, 0.15) is 27.0 Å². The van der Waals surface area contributed by atoms with Crippen LogP contribution in [0, 0.1) is 13.8 Å². The molecule has 0 aliphatic heterocycles. The minimum absolute atomic E-state index is 0.0708. The van der Waals surface area contributed by atoms with Crippen molar-refractivity contribution < 1.29 is 4.79 Å². The van der Waals surface area contributed by atoms with Gasteiger partial charge in [0, 0.05) is 22.7 Å². The molecule has 0 radical (unpaired) electrons. The maximum Gasteiger partial charge on any atom is 0.195 e. The van der Waals surface area contributed by atoms with Gasteiger partial charge in [0.1, 0.15) is 0 Å². The third-order valence-electron chi connectivity index (χ3n) is 4.48. The van der Waals surface area contributed by atoms with Crippen molar-refractivity contribution in [3.05, 3.63) is 89.1 Å². The summed E-state index contributed by atoms with van der Waals surface area (Å²) >= 11 is 0. The van der Waals surface area contributed by atoms with Gasteiger partial charge in [-0.05, 0) is 37.6 Å². The molecule has 2 aromatic heterocycles. The van der Waals surface area contributed by atoms with Crippen molar-refractivity contribution >= 4 is 22.2 Å². The Morgan fingerprint density at radius 3 is 2.39 bits per heavy atom. The maximum atomic E-state index is 13.0. The number of aromatic nitrogens is 1. The molecule has 0 atom stereocenters. The third kappa shape index (κ3) is 2.07. The van der Waals surface area contributed by atoms with E-state index in [0.717, 1.165) is 33.3 Å². The molecule has 4 aromatic rings. The summed E-state index contributed by atoms with van der Waals surface area (Å²) in [6.07, 6.45) is 2.02. The summed E-state index contributed by atoms with van der Waals surface area (Å²) in [5.41, 5.74) is 5.93. The van der Waals surface area contributed by atoms with E-state index in [2.05, 4.69) is 23.5 Å². The van der Waals surface area contributed by atoms with Crippen LogP contribution >= 0.6 is 0 Å². The number of hydrogen-bond donors (Lipinski definition) is 0. The molecule has 0 saturated heterocycles. The zero-order chi connectivity index (χ0) is 16.0. The maximum absolute atomic E-state index is 13.0. The van der Waals surface area contributed by atoms with Gasteiger partial charge in [0.15, 0.2) is 5.78 Å². The molecule has 2 nitrogen and oxygen atoms in total. The van der Waals surface area contributed by atoms with Gasteiger partial charge in [-0.1, -0.05) is 48.0 Å². The van der Waals surface area contributed by atoms with Crippen molar-refractivity contribution in [3.8, 4) is 0 Å². The number of ketones is 1. The largest absolute Gasteiger partial charge is 0.316 e. The molecule has 4 rings (SSSR count). The highest BCUT2D eigenvalue weighted by Gasteiger charge is 2.17.